The minimum atomic E-state index is -0.0525. The number of carbonyl (C=O) groups is 1. The molecule has 160 valence electrons. The molecule has 0 radical (unpaired) electrons. The average Bonchev–Trinajstić information content (AvgIpc) is 3.14. The van der Waals surface area contributed by atoms with Gasteiger partial charge in [-0.25, -0.2) is 0 Å². The Balaban J connectivity index is 2.16. The maximum absolute atomic E-state index is 13.4. The number of hydrogen-bond acceptors (Lipinski definition) is 5. The fourth-order valence-corrected chi connectivity index (χ4v) is 3.72. The van der Waals surface area contributed by atoms with Gasteiger partial charge in [-0.3, -0.25) is 14.3 Å². The van der Waals surface area contributed by atoms with Crippen molar-refractivity contribution in [3.05, 3.63) is 75.8 Å². The summed E-state index contributed by atoms with van der Waals surface area (Å²) in [6, 6.07) is 15.0. The second kappa shape index (κ2) is 10.5. The van der Waals surface area contributed by atoms with Gasteiger partial charge in [0, 0.05) is 15.6 Å². The molecule has 31 heavy (non-hydrogen) atoms. The van der Waals surface area contributed by atoms with Gasteiger partial charge < -0.3 is 4.90 Å². The summed E-state index contributed by atoms with van der Waals surface area (Å²) in [5, 5.41) is 8.91. The maximum Gasteiger partial charge on any atom is 0.195 e. The lowest BCUT2D eigenvalue weighted by molar-refractivity contribution is 0.103. The highest BCUT2D eigenvalue weighted by Gasteiger charge is 2.22. The predicted octanol–water partition coefficient (Wildman–Crippen LogP) is 3.78. The number of benzene rings is 2. The summed E-state index contributed by atoms with van der Waals surface area (Å²) >= 11 is 3.52. The topological polar surface area (TPSA) is 54.3 Å². The summed E-state index contributed by atoms with van der Waals surface area (Å²) in [6.07, 6.45) is 5.53. The van der Waals surface area contributed by atoms with Crippen LogP contribution in [0.2, 0.25) is 0 Å². The van der Waals surface area contributed by atoms with Gasteiger partial charge in [0.05, 0.1) is 25.3 Å². The Morgan fingerprint density at radius 3 is 2.39 bits per heavy atom. The van der Waals surface area contributed by atoms with E-state index >= 15 is 0 Å². The van der Waals surface area contributed by atoms with Crippen LogP contribution in [-0.2, 0) is 13.1 Å². The Kier molecular flexibility index (Phi) is 7.75. The molecule has 1 heterocycles. The summed E-state index contributed by atoms with van der Waals surface area (Å²) in [5.74, 6) is 4.16. The van der Waals surface area contributed by atoms with E-state index in [0.717, 1.165) is 28.4 Å². The normalized spacial score (nSPS) is 11.1. The van der Waals surface area contributed by atoms with Gasteiger partial charge in [0.1, 0.15) is 0 Å². The minimum absolute atomic E-state index is 0.0525. The zero-order chi connectivity index (χ0) is 22.4. The molecule has 0 aliphatic rings. The van der Waals surface area contributed by atoms with Crippen molar-refractivity contribution in [2.75, 3.05) is 27.2 Å². The third kappa shape index (κ3) is 5.47. The van der Waals surface area contributed by atoms with Crippen LogP contribution in [0.1, 0.15) is 34.5 Å². The van der Waals surface area contributed by atoms with E-state index in [2.05, 4.69) is 43.9 Å². The highest BCUT2D eigenvalue weighted by atomic mass is 79.9. The van der Waals surface area contributed by atoms with Crippen molar-refractivity contribution >= 4 is 21.7 Å². The Hall–Kier alpha value is -2.79. The molecule has 0 unspecified atom stereocenters. The highest BCUT2D eigenvalue weighted by molar-refractivity contribution is 9.10. The van der Waals surface area contributed by atoms with Crippen LogP contribution in [0.4, 0.5) is 0 Å². The number of aromatic nitrogens is 3. The van der Waals surface area contributed by atoms with E-state index in [1.807, 2.05) is 72.1 Å². The van der Waals surface area contributed by atoms with Gasteiger partial charge in [-0.1, -0.05) is 59.1 Å². The first kappa shape index (κ1) is 22.9. The molecule has 0 spiro atoms. The lowest BCUT2D eigenvalue weighted by Gasteiger charge is -2.20. The largest absolute Gasteiger partial charge is 0.302 e. The van der Waals surface area contributed by atoms with Crippen molar-refractivity contribution in [3.8, 4) is 18.0 Å². The number of terminal acetylenes is 1. The third-order valence-corrected chi connectivity index (χ3v) is 5.36. The molecule has 0 aliphatic heterocycles. The molecule has 7 heteroatoms. The molecule has 3 aromatic rings. The summed E-state index contributed by atoms with van der Waals surface area (Å²) in [4.78, 5) is 17.6. The molecule has 0 aliphatic carbocycles. The molecule has 0 atom stereocenters. The van der Waals surface area contributed by atoms with Crippen molar-refractivity contribution < 1.29 is 4.79 Å². The number of hydrogen-bond donors (Lipinski definition) is 0. The molecule has 2 aromatic carbocycles. The first-order valence-electron chi connectivity index (χ1n) is 10.1. The van der Waals surface area contributed by atoms with Gasteiger partial charge in [-0.2, -0.15) is 0 Å². The van der Waals surface area contributed by atoms with Crippen LogP contribution < -0.4 is 0 Å². The van der Waals surface area contributed by atoms with Gasteiger partial charge in [-0.15, -0.1) is 16.6 Å². The molecule has 3 rings (SSSR count). The fourth-order valence-electron chi connectivity index (χ4n) is 3.36. The Bertz CT molecular complexity index is 1090. The van der Waals surface area contributed by atoms with Gasteiger partial charge >= 0.3 is 0 Å². The van der Waals surface area contributed by atoms with Crippen LogP contribution in [0, 0.1) is 12.3 Å². The number of nitrogens with zero attached hydrogens (tertiary/aromatic N) is 5. The maximum atomic E-state index is 13.4. The molecular weight excluding hydrogens is 454 g/mol. The van der Waals surface area contributed by atoms with Crippen LogP contribution in [0.25, 0.3) is 5.69 Å². The van der Waals surface area contributed by atoms with Gasteiger partial charge in [-0.05, 0) is 38.8 Å². The first-order chi connectivity index (χ1) is 14.9. The lowest BCUT2D eigenvalue weighted by atomic mass is 10.0. The Morgan fingerprint density at radius 2 is 1.77 bits per heavy atom. The predicted molar refractivity (Wildman–Crippen MR) is 126 cm³/mol. The van der Waals surface area contributed by atoms with Crippen LogP contribution in [-0.4, -0.2) is 57.5 Å². The van der Waals surface area contributed by atoms with Crippen LogP contribution in [0.15, 0.2) is 53.0 Å². The third-order valence-electron chi connectivity index (χ3n) is 4.86. The van der Waals surface area contributed by atoms with Crippen LogP contribution >= 0.6 is 15.9 Å². The number of carbonyl (C=O) groups excluding carboxylic acids is 1. The monoisotopic (exact) mass is 479 g/mol. The summed E-state index contributed by atoms with van der Waals surface area (Å²) in [5.41, 5.74) is 1.97. The summed E-state index contributed by atoms with van der Waals surface area (Å²) in [6.45, 7) is 4.49. The van der Waals surface area contributed by atoms with E-state index in [0.29, 0.717) is 30.8 Å². The second-order valence-corrected chi connectivity index (χ2v) is 8.39. The minimum Gasteiger partial charge on any atom is -0.302 e. The van der Waals surface area contributed by atoms with Crippen molar-refractivity contribution in [2.24, 2.45) is 0 Å². The molecule has 0 bridgehead atoms. The Morgan fingerprint density at radius 1 is 1.10 bits per heavy atom. The molecule has 0 N–H and O–H groups in total. The van der Waals surface area contributed by atoms with E-state index in [9.17, 15) is 4.79 Å². The zero-order valence-electron chi connectivity index (χ0n) is 18.0. The first-order valence-corrected chi connectivity index (χ1v) is 10.9. The van der Waals surface area contributed by atoms with Crippen molar-refractivity contribution in [1.82, 2.24) is 24.6 Å². The van der Waals surface area contributed by atoms with Gasteiger partial charge in [0.25, 0.3) is 0 Å². The van der Waals surface area contributed by atoms with E-state index in [-0.39, 0.29) is 5.78 Å². The molecule has 0 saturated carbocycles. The standard InChI is InChI=1S/C24H26BrN5O/c1-5-14-29(6-2)17-23-27-26-22(16-28(3)4)30(23)21-13-12-19(25)15-20(21)24(31)18-10-8-7-9-11-18/h1,7-13,15H,6,14,16-17H2,2-4H3. The summed E-state index contributed by atoms with van der Waals surface area (Å²) in [7, 11) is 3.96. The molecule has 0 amide bonds. The number of halogens is 1. The molecule has 0 saturated heterocycles. The van der Waals surface area contributed by atoms with Gasteiger partial charge in [0.15, 0.2) is 17.4 Å². The van der Waals surface area contributed by atoms with Gasteiger partial charge in [0.2, 0.25) is 0 Å². The molecule has 1 aromatic heterocycles. The van der Waals surface area contributed by atoms with Crippen molar-refractivity contribution in [1.29, 1.82) is 0 Å². The number of ketones is 1. The molecular formula is C24H26BrN5O. The highest BCUT2D eigenvalue weighted by Crippen LogP contribution is 2.26. The average molecular weight is 480 g/mol. The Labute approximate surface area is 192 Å². The van der Waals surface area contributed by atoms with Crippen LogP contribution in [0.5, 0.6) is 0 Å². The molecule has 0 fully saturated rings. The number of rotatable bonds is 9. The van der Waals surface area contributed by atoms with E-state index in [1.54, 1.807) is 0 Å². The van der Waals surface area contributed by atoms with E-state index < -0.39 is 0 Å². The van der Waals surface area contributed by atoms with Crippen molar-refractivity contribution in [3.63, 3.8) is 0 Å². The van der Waals surface area contributed by atoms with E-state index in [4.69, 9.17) is 6.42 Å². The SMILES string of the molecule is C#CCN(CC)Cc1nnc(CN(C)C)n1-c1ccc(Br)cc1C(=O)c1ccccc1. The quantitative estimate of drug-likeness (QED) is 0.345. The fraction of sp³-hybridized carbons (Fsp3) is 0.292. The lowest BCUT2D eigenvalue weighted by Crippen LogP contribution is -2.26. The van der Waals surface area contributed by atoms with E-state index in [1.165, 1.54) is 0 Å². The van der Waals surface area contributed by atoms with Crippen molar-refractivity contribution in [2.45, 2.75) is 20.0 Å². The molecule has 6 nitrogen and oxygen atoms in total. The second-order valence-electron chi connectivity index (χ2n) is 7.47. The summed E-state index contributed by atoms with van der Waals surface area (Å²) < 4.78 is 2.82. The van der Waals surface area contributed by atoms with Crippen LogP contribution in [0.3, 0.4) is 0 Å². The zero-order valence-corrected chi connectivity index (χ0v) is 19.6. The smallest absolute Gasteiger partial charge is 0.195 e.